The Kier molecular flexibility index (Phi) is 17.2. The van der Waals surface area contributed by atoms with Crippen molar-refractivity contribution >= 4 is 76.8 Å². The molecular formula is C46H52N12O9S4. The van der Waals surface area contributed by atoms with Gasteiger partial charge in [0, 0.05) is 86.7 Å². The Morgan fingerprint density at radius 1 is 0.549 bits per heavy atom. The summed E-state index contributed by atoms with van der Waals surface area (Å²) in [6.07, 6.45) is 12.1. The average Bonchev–Trinajstić information content (AvgIpc) is 3.96. The van der Waals surface area contributed by atoms with Crippen LogP contribution >= 0.6 is 34.0 Å². The number of aromatic nitrogens is 12. The topological polar surface area (TPSA) is 264 Å². The summed E-state index contributed by atoms with van der Waals surface area (Å²) in [4.78, 5) is 103. The summed E-state index contributed by atoms with van der Waals surface area (Å²) in [5, 5.41) is 4.48. The van der Waals surface area contributed by atoms with Crippen LogP contribution in [0.4, 0.5) is 0 Å². The Morgan fingerprint density at radius 3 is 1.28 bits per heavy atom. The summed E-state index contributed by atoms with van der Waals surface area (Å²) < 4.78 is 32.9. The van der Waals surface area contributed by atoms with E-state index in [9.17, 15) is 37.2 Å². The molecular weight excluding hydrogens is 993 g/mol. The van der Waals surface area contributed by atoms with Gasteiger partial charge in [-0.15, -0.1) is 34.0 Å². The molecule has 0 fully saturated rings. The number of aryl methyl sites for hydroxylation is 11. The minimum atomic E-state index is -3.32. The molecule has 0 bridgehead atoms. The summed E-state index contributed by atoms with van der Waals surface area (Å²) in [5.41, 5.74) is 2.59. The van der Waals surface area contributed by atoms with Crippen LogP contribution in [-0.4, -0.2) is 79.0 Å². The molecule has 9 aromatic rings. The van der Waals surface area contributed by atoms with Crippen LogP contribution in [-0.2, 0) is 67.8 Å². The Bertz CT molecular complexity index is 3740. The van der Waals surface area contributed by atoms with Gasteiger partial charge in [0.05, 0.1) is 96.3 Å². The van der Waals surface area contributed by atoms with Crippen LogP contribution in [0.15, 0.2) is 84.1 Å². The number of fused-ring (bicyclic) bond motifs is 3. The molecule has 0 saturated carbocycles. The molecule has 374 valence electrons. The smallest absolute Gasteiger partial charge is 0.295 e. The third kappa shape index (κ3) is 12.9. The van der Waals surface area contributed by atoms with Crippen LogP contribution in [0, 0.1) is 41.5 Å². The van der Waals surface area contributed by atoms with Crippen molar-refractivity contribution in [3.63, 3.8) is 0 Å². The van der Waals surface area contributed by atoms with E-state index in [4.69, 9.17) is 0 Å². The maximum Gasteiger partial charge on any atom is 0.331 e. The zero-order valence-electron chi connectivity index (χ0n) is 40.7. The van der Waals surface area contributed by atoms with Crippen molar-refractivity contribution in [2.75, 3.05) is 12.9 Å². The standard InChI is InChI=1S/2C15H16N4O2S.C8H7N3O2.C8H13NO3S2/c2*1-9-13(22-10(2)17-9)5-7-19-14(20)11-4-6-16-8-12(11)18(3)15(19)21;1-11-6-4-9-3-2-5(6)7(12)10-8(11)13;1-6-8(13-7(2)9-6)4-5-12-14(3,10)11/h2*4,6,8H,5,7H2,1-3H3;2-4H,1H3,(H,10,12,13);4-5H2,1-3H3. The molecule has 0 aromatic carbocycles. The summed E-state index contributed by atoms with van der Waals surface area (Å²) >= 11 is 4.79. The van der Waals surface area contributed by atoms with Gasteiger partial charge in [-0.3, -0.25) is 61.3 Å². The first kappa shape index (κ1) is 53.4. The van der Waals surface area contributed by atoms with E-state index in [1.54, 1.807) is 98.1 Å². The molecule has 9 heterocycles. The van der Waals surface area contributed by atoms with Gasteiger partial charge in [0.25, 0.3) is 26.8 Å². The first-order valence-electron chi connectivity index (χ1n) is 21.8. The van der Waals surface area contributed by atoms with E-state index in [1.807, 2.05) is 41.5 Å². The van der Waals surface area contributed by atoms with Gasteiger partial charge in [-0.2, -0.15) is 8.42 Å². The second-order valence-corrected chi connectivity index (χ2v) is 21.6. The molecule has 1 N–H and O–H groups in total. The SMILES string of the molecule is Cc1nc(C)c(CCOS(C)(=O)=O)s1.Cc1nc(C)c(CCn2c(=O)c3ccncc3n(C)c2=O)s1.Cc1nc(C)c(CCn2c(=O)c3ccncc3n(C)c2=O)s1.Cn1c(=O)[nH]c(=O)c2ccncc21. The lowest BCUT2D eigenvalue weighted by atomic mass is 10.2. The van der Waals surface area contributed by atoms with E-state index in [0.717, 1.165) is 53.0 Å². The lowest BCUT2D eigenvalue weighted by Gasteiger charge is -2.09. The number of nitrogens with zero attached hydrogens (tertiary/aromatic N) is 11. The second-order valence-electron chi connectivity index (χ2n) is 16.1. The molecule has 0 unspecified atom stereocenters. The molecule has 0 aliphatic carbocycles. The van der Waals surface area contributed by atoms with Crippen molar-refractivity contribution in [2.45, 2.75) is 73.9 Å². The van der Waals surface area contributed by atoms with Crippen molar-refractivity contribution < 1.29 is 12.6 Å². The fraction of sp³-hybridized carbons (Fsp3) is 0.348. The number of nitrogens with one attached hydrogen (secondary N) is 1. The first-order valence-corrected chi connectivity index (χ1v) is 26.1. The predicted molar refractivity (Wildman–Crippen MR) is 277 cm³/mol. The second kappa shape index (κ2) is 22.9. The maximum atomic E-state index is 12.5. The molecule has 21 nitrogen and oxygen atoms in total. The van der Waals surface area contributed by atoms with Crippen LogP contribution in [0.2, 0.25) is 0 Å². The summed E-state index contributed by atoms with van der Waals surface area (Å²) in [5.74, 6) is 0. The van der Waals surface area contributed by atoms with Crippen molar-refractivity contribution in [3.05, 3.63) is 165 Å². The highest BCUT2D eigenvalue weighted by Crippen LogP contribution is 2.20. The fourth-order valence-corrected chi connectivity index (χ4v) is 10.6. The molecule has 9 rings (SSSR count). The largest absolute Gasteiger partial charge is 0.331 e. The number of H-pyrrole nitrogens is 1. The normalized spacial score (nSPS) is 11.2. The van der Waals surface area contributed by atoms with Crippen molar-refractivity contribution in [1.82, 2.24) is 57.7 Å². The maximum absolute atomic E-state index is 12.5. The van der Waals surface area contributed by atoms with Crippen LogP contribution in [0.25, 0.3) is 32.7 Å². The van der Waals surface area contributed by atoms with Crippen LogP contribution in [0.5, 0.6) is 0 Å². The predicted octanol–water partition coefficient (Wildman–Crippen LogP) is 3.72. The van der Waals surface area contributed by atoms with Gasteiger partial charge < -0.3 is 0 Å². The Hall–Kier alpha value is -6.93. The lowest BCUT2D eigenvalue weighted by molar-refractivity contribution is 0.326. The zero-order chi connectivity index (χ0) is 51.9. The number of hydrogen-bond donors (Lipinski definition) is 1. The molecule has 0 aliphatic rings. The van der Waals surface area contributed by atoms with E-state index in [1.165, 1.54) is 35.2 Å². The Labute approximate surface area is 417 Å². The van der Waals surface area contributed by atoms with Gasteiger partial charge in [0.1, 0.15) is 0 Å². The van der Waals surface area contributed by atoms with Gasteiger partial charge in [-0.05, 0) is 59.7 Å². The molecule has 0 aliphatic heterocycles. The number of aromatic amines is 1. The highest BCUT2D eigenvalue weighted by atomic mass is 32.2. The van der Waals surface area contributed by atoms with E-state index in [-0.39, 0.29) is 34.7 Å². The van der Waals surface area contributed by atoms with Gasteiger partial charge >= 0.3 is 17.1 Å². The molecule has 71 heavy (non-hydrogen) atoms. The van der Waals surface area contributed by atoms with Crippen LogP contribution < -0.4 is 33.7 Å². The molecule has 0 saturated heterocycles. The quantitative estimate of drug-likeness (QED) is 0.191. The highest BCUT2D eigenvalue weighted by molar-refractivity contribution is 7.86. The van der Waals surface area contributed by atoms with E-state index in [0.29, 0.717) is 65.1 Å². The lowest BCUT2D eigenvalue weighted by Crippen LogP contribution is -2.39. The Morgan fingerprint density at radius 2 is 0.915 bits per heavy atom. The minimum absolute atomic E-state index is 0.196. The number of hydrogen-bond acceptors (Lipinski definition) is 18. The summed E-state index contributed by atoms with van der Waals surface area (Å²) in [7, 11) is 1.58. The Balaban J connectivity index is 0.000000159. The number of pyridine rings is 3. The van der Waals surface area contributed by atoms with Crippen LogP contribution in [0.3, 0.4) is 0 Å². The van der Waals surface area contributed by atoms with Crippen molar-refractivity contribution in [1.29, 1.82) is 0 Å². The highest BCUT2D eigenvalue weighted by Gasteiger charge is 2.15. The van der Waals surface area contributed by atoms with Crippen LogP contribution in [0.1, 0.15) is 46.7 Å². The van der Waals surface area contributed by atoms with E-state index >= 15 is 0 Å². The molecule has 25 heteroatoms. The molecule has 0 spiro atoms. The number of thiazole rings is 3. The summed E-state index contributed by atoms with van der Waals surface area (Å²) in [6.45, 7) is 12.6. The molecule has 0 amide bonds. The fourth-order valence-electron chi connectivity index (χ4n) is 7.43. The number of rotatable bonds is 10. The van der Waals surface area contributed by atoms with Gasteiger partial charge in [0.15, 0.2) is 0 Å². The molecule has 9 aromatic heterocycles. The third-order valence-corrected chi connectivity index (χ3v) is 15.0. The van der Waals surface area contributed by atoms with E-state index < -0.39 is 15.8 Å². The molecule has 0 radical (unpaired) electrons. The zero-order valence-corrected chi connectivity index (χ0v) is 43.9. The average molecular weight is 1050 g/mol. The van der Waals surface area contributed by atoms with Gasteiger partial charge in [0.2, 0.25) is 0 Å². The minimum Gasteiger partial charge on any atom is -0.295 e. The van der Waals surface area contributed by atoms with E-state index in [2.05, 4.69) is 39.1 Å². The molecule has 0 atom stereocenters. The monoisotopic (exact) mass is 1040 g/mol. The third-order valence-electron chi connectivity index (χ3n) is 11.0. The van der Waals surface area contributed by atoms with Crippen molar-refractivity contribution in [2.24, 2.45) is 21.1 Å². The first-order chi connectivity index (χ1) is 33.6. The van der Waals surface area contributed by atoms with Gasteiger partial charge in [-0.25, -0.2) is 29.3 Å². The summed E-state index contributed by atoms with van der Waals surface area (Å²) in [6, 6.07) is 4.87. The van der Waals surface area contributed by atoms with Crippen molar-refractivity contribution in [3.8, 4) is 0 Å². The van der Waals surface area contributed by atoms with Gasteiger partial charge in [-0.1, -0.05) is 0 Å².